The summed E-state index contributed by atoms with van der Waals surface area (Å²) in [6.07, 6.45) is 1.38. The number of aromatic amines is 1. The van der Waals surface area contributed by atoms with Crippen LogP contribution in [0.4, 0.5) is 5.69 Å². The molecule has 2 heterocycles. The van der Waals surface area contributed by atoms with E-state index in [1.54, 1.807) is 0 Å². The van der Waals surface area contributed by atoms with Crippen LogP contribution in [-0.4, -0.2) is 26.0 Å². The first-order chi connectivity index (χ1) is 9.18. The quantitative estimate of drug-likeness (QED) is 0.647. The highest BCUT2D eigenvalue weighted by Crippen LogP contribution is 2.31. The lowest BCUT2D eigenvalue weighted by molar-refractivity contribution is 0.0692. The normalized spacial score (nSPS) is 10.7. The maximum absolute atomic E-state index is 11.1. The van der Waals surface area contributed by atoms with E-state index in [2.05, 4.69) is 15.0 Å². The highest BCUT2D eigenvalue weighted by atomic mass is 16.4. The van der Waals surface area contributed by atoms with Gasteiger partial charge in [-0.3, -0.25) is 0 Å². The van der Waals surface area contributed by atoms with Gasteiger partial charge in [-0.2, -0.15) is 0 Å². The number of aromatic nitrogens is 3. The lowest BCUT2D eigenvalue weighted by Gasteiger charge is -2.02. The minimum Gasteiger partial charge on any atom is -0.477 e. The van der Waals surface area contributed by atoms with Crippen molar-refractivity contribution in [2.45, 2.75) is 0 Å². The minimum atomic E-state index is -1.12. The molecule has 4 N–H and O–H groups in total. The monoisotopic (exact) mass is 254 g/mol. The van der Waals surface area contributed by atoms with Crippen LogP contribution in [0, 0.1) is 0 Å². The Kier molecular flexibility index (Phi) is 2.42. The van der Waals surface area contributed by atoms with Crippen LogP contribution in [0.15, 0.2) is 36.7 Å². The van der Waals surface area contributed by atoms with Crippen molar-refractivity contribution < 1.29 is 9.90 Å². The van der Waals surface area contributed by atoms with Gasteiger partial charge >= 0.3 is 5.97 Å². The van der Waals surface area contributed by atoms with Crippen molar-refractivity contribution in [1.82, 2.24) is 15.0 Å². The van der Waals surface area contributed by atoms with Gasteiger partial charge in [0.2, 0.25) is 0 Å². The van der Waals surface area contributed by atoms with Gasteiger partial charge in [-0.1, -0.05) is 30.3 Å². The van der Waals surface area contributed by atoms with Gasteiger partial charge in [0.05, 0.1) is 16.8 Å². The average Bonchev–Trinajstić information content (AvgIpc) is 2.78. The first-order valence-electron chi connectivity index (χ1n) is 5.59. The number of hydrogen-bond acceptors (Lipinski definition) is 4. The molecular formula is C13H10N4O2. The van der Waals surface area contributed by atoms with Crippen LogP contribution in [0.25, 0.3) is 22.3 Å². The fourth-order valence-electron chi connectivity index (χ4n) is 2.03. The molecule has 2 aromatic heterocycles. The predicted molar refractivity (Wildman–Crippen MR) is 70.7 cm³/mol. The Bertz CT molecular complexity index is 765. The largest absolute Gasteiger partial charge is 0.477 e. The predicted octanol–water partition coefficient (Wildman–Crippen LogP) is 1.91. The van der Waals surface area contributed by atoms with Crippen LogP contribution in [0.2, 0.25) is 0 Å². The SMILES string of the molecule is Nc1c(C(=O)O)[nH]c2ncnc(-c3ccccc3)c12. The summed E-state index contributed by atoms with van der Waals surface area (Å²) >= 11 is 0. The molecule has 0 bridgehead atoms. The number of carboxylic acid groups (broad SMARTS) is 1. The number of fused-ring (bicyclic) bond motifs is 1. The molecule has 0 atom stereocenters. The second kappa shape index (κ2) is 4.09. The molecule has 6 nitrogen and oxygen atoms in total. The topological polar surface area (TPSA) is 105 Å². The Hall–Kier alpha value is -2.89. The smallest absolute Gasteiger partial charge is 0.354 e. The van der Waals surface area contributed by atoms with E-state index in [0.29, 0.717) is 16.7 Å². The van der Waals surface area contributed by atoms with Gasteiger partial charge in [-0.25, -0.2) is 14.8 Å². The zero-order valence-corrected chi connectivity index (χ0v) is 9.79. The van der Waals surface area contributed by atoms with Crippen LogP contribution >= 0.6 is 0 Å². The number of benzene rings is 1. The molecular weight excluding hydrogens is 244 g/mol. The molecule has 0 aliphatic carbocycles. The summed E-state index contributed by atoms with van der Waals surface area (Å²) in [4.78, 5) is 22.0. The highest BCUT2D eigenvalue weighted by Gasteiger charge is 2.19. The van der Waals surface area contributed by atoms with E-state index in [4.69, 9.17) is 10.8 Å². The van der Waals surface area contributed by atoms with Gasteiger partial charge in [0.15, 0.2) is 0 Å². The van der Waals surface area contributed by atoms with E-state index < -0.39 is 5.97 Å². The molecule has 1 aromatic carbocycles. The van der Waals surface area contributed by atoms with Crippen molar-refractivity contribution in [1.29, 1.82) is 0 Å². The molecule has 19 heavy (non-hydrogen) atoms. The number of carboxylic acids is 1. The van der Waals surface area contributed by atoms with Crippen molar-refractivity contribution >= 4 is 22.7 Å². The lowest BCUT2D eigenvalue weighted by Crippen LogP contribution is -2.00. The summed E-state index contributed by atoms with van der Waals surface area (Å²) in [7, 11) is 0. The molecule has 0 aliphatic heterocycles. The van der Waals surface area contributed by atoms with Crippen LogP contribution < -0.4 is 5.73 Å². The summed E-state index contributed by atoms with van der Waals surface area (Å²) in [5.74, 6) is -1.12. The van der Waals surface area contributed by atoms with Crippen LogP contribution in [-0.2, 0) is 0 Å². The third-order valence-corrected chi connectivity index (χ3v) is 2.89. The molecule has 0 saturated carbocycles. The first kappa shape index (κ1) is 11.2. The van der Waals surface area contributed by atoms with Crippen molar-refractivity contribution in [2.75, 3.05) is 5.73 Å². The molecule has 94 valence electrons. The number of carbonyl (C=O) groups is 1. The minimum absolute atomic E-state index is 0.0623. The molecule has 0 radical (unpaired) electrons. The number of aromatic carboxylic acids is 1. The summed E-state index contributed by atoms with van der Waals surface area (Å²) < 4.78 is 0. The van der Waals surface area contributed by atoms with Crippen molar-refractivity contribution in [3.8, 4) is 11.3 Å². The molecule has 0 spiro atoms. The highest BCUT2D eigenvalue weighted by molar-refractivity contribution is 6.08. The maximum atomic E-state index is 11.1. The van der Waals surface area contributed by atoms with Gasteiger partial charge in [0, 0.05) is 5.56 Å². The molecule has 6 heteroatoms. The molecule has 0 saturated heterocycles. The molecule has 3 rings (SSSR count). The number of anilines is 1. The first-order valence-corrected chi connectivity index (χ1v) is 5.59. The van der Waals surface area contributed by atoms with Crippen LogP contribution in [0.5, 0.6) is 0 Å². The van der Waals surface area contributed by atoms with E-state index in [1.165, 1.54) is 6.33 Å². The summed E-state index contributed by atoms with van der Waals surface area (Å²) in [6, 6.07) is 9.42. The van der Waals surface area contributed by atoms with Crippen molar-refractivity contribution in [3.63, 3.8) is 0 Å². The summed E-state index contributed by atoms with van der Waals surface area (Å²) in [5.41, 5.74) is 7.87. The molecule has 0 aliphatic rings. The zero-order valence-electron chi connectivity index (χ0n) is 9.79. The zero-order chi connectivity index (χ0) is 13.4. The van der Waals surface area contributed by atoms with E-state index in [-0.39, 0.29) is 11.4 Å². The second-order valence-corrected chi connectivity index (χ2v) is 4.03. The molecule has 0 amide bonds. The van der Waals surface area contributed by atoms with Crippen molar-refractivity contribution in [3.05, 3.63) is 42.4 Å². The second-order valence-electron chi connectivity index (χ2n) is 4.03. The Morgan fingerprint density at radius 2 is 1.95 bits per heavy atom. The standard InChI is InChI=1S/C13H10N4O2/c14-9-8-10(7-4-2-1-3-5-7)15-6-16-12(8)17-11(9)13(18)19/h1-6H,14H2,(H,18,19)(H,15,16,17). The Morgan fingerprint density at radius 1 is 1.21 bits per heavy atom. The molecule has 3 aromatic rings. The number of nitrogens with two attached hydrogens (primary N) is 1. The summed E-state index contributed by atoms with van der Waals surface area (Å²) in [5, 5.41) is 9.60. The number of H-pyrrole nitrogens is 1. The number of nitrogens with one attached hydrogen (secondary N) is 1. The number of nitrogens with zero attached hydrogens (tertiary/aromatic N) is 2. The van der Waals surface area contributed by atoms with Gasteiger partial charge in [0.1, 0.15) is 17.7 Å². The van der Waals surface area contributed by atoms with Gasteiger partial charge in [0.25, 0.3) is 0 Å². The van der Waals surface area contributed by atoms with Crippen molar-refractivity contribution in [2.24, 2.45) is 0 Å². The van der Waals surface area contributed by atoms with Crippen LogP contribution in [0.3, 0.4) is 0 Å². The van der Waals surface area contributed by atoms with Gasteiger partial charge < -0.3 is 15.8 Å². The van der Waals surface area contributed by atoms with E-state index in [9.17, 15) is 4.79 Å². The number of nitrogen functional groups attached to an aromatic ring is 1. The number of rotatable bonds is 2. The average molecular weight is 254 g/mol. The third-order valence-electron chi connectivity index (χ3n) is 2.89. The summed E-state index contributed by atoms with van der Waals surface area (Å²) in [6.45, 7) is 0. The van der Waals surface area contributed by atoms with Gasteiger partial charge in [-0.15, -0.1) is 0 Å². The van der Waals surface area contributed by atoms with Gasteiger partial charge in [-0.05, 0) is 0 Å². The van der Waals surface area contributed by atoms with E-state index in [0.717, 1.165) is 5.56 Å². The Labute approximate surface area is 107 Å². The third kappa shape index (κ3) is 1.70. The number of hydrogen-bond donors (Lipinski definition) is 3. The van der Waals surface area contributed by atoms with E-state index in [1.807, 2.05) is 30.3 Å². The van der Waals surface area contributed by atoms with Crippen LogP contribution in [0.1, 0.15) is 10.5 Å². The fourth-order valence-corrected chi connectivity index (χ4v) is 2.03. The molecule has 0 unspecified atom stereocenters. The Morgan fingerprint density at radius 3 is 2.63 bits per heavy atom. The lowest BCUT2D eigenvalue weighted by atomic mass is 10.1. The molecule has 0 fully saturated rings. The fraction of sp³-hybridized carbons (Fsp3) is 0. The van der Waals surface area contributed by atoms with E-state index >= 15 is 0 Å². The Balaban J connectivity index is 2.35. The maximum Gasteiger partial charge on any atom is 0.354 e.